The molecular formula is C24H23ClN2O2. The molecule has 3 aromatic carbocycles. The van der Waals surface area contributed by atoms with Crippen molar-refractivity contribution in [2.24, 2.45) is 0 Å². The Morgan fingerprint density at radius 1 is 0.862 bits per heavy atom. The van der Waals surface area contributed by atoms with Crippen molar-refractivity contribution >= 4 is 29.0 Å². The van der Waals surface area contributed by atoms with E-state index in [1.165, 1.54) is 5.56 Å². The molecule has 3 rings (SSSR count). The molecule has 0 saturated heterocycles. The fourth-order valence-electron chi connectivity index (χ4n) is 2.94. The fraction of sp³-hybridized carbons (Fsp3) is 0.167. The highest BCUT2D eigenvalue weighted by atomic mass is 35.5. The van der Waals surface area contributed by atoms with Crippen molar-refractivity contribution in [1.29, 1.82) is 0 Å². The molecule has 3 aromatic rings. The molecule has 0 aromatic heterocycles. The van der Waals surface area contributed by atoms with Gasteiger partial charge in [-0.15, -0.1) is 0 Å². The number of halogens is 1. The lowest BCUT2D eigenvalue weighted by Crippen LogP contribution is -2.17. The Kier molecular flexibility index (Phi) is 6.81. The van der Waals surface area contributed by atoms with Crippen molar-refractivity contribution in [3.8, 4) is 0 Å². The van der Waals surface area contributed by atoms with E-state index in [0.29, 0.717) is 27.4 Å². The smallest absolute Gasteiger partial charge is 0.256 e. The highest BCUT2D eigenvalue weighted by molar-refractivity contribution is 6.30. The number of hydrogen-bond donors (Lipinski definition) is 1. The maximum Gasteiger partial charge on any atom is 0.256 e. The summed E-state index contributed by atoms with van der Waals surface area (Å²) in [4.78, 5) is 27.8. The highest BCUT2D eigenvalue weighted by Gasteiger charge is 2.18. The Hall–Kier alpha value is -2.95. The summed E-state index contributed by atoms with van der Waals surface area (Å²) in [6.07, 6.45) is 0.944. The van der Waals surface area contributed by atoms with Gasteiger partial charge in [0.2, 0.25) is 0 Å². The Morgan fingerprint density at radius 2 is 1.48 bits per heavy atom. The number of rotatable bonds is 7. The second-order valence-corrected chi connectivity index (χ2v) is 7.52. The molecule has 29 heavy (non-hydrogen) atoms. The second-order valence-electron chi connectivity index (χ2n) is 7.09. The number of hydrogen-bond acceptors (Lipinski definition) is 3. The maximum absolute atomic E-state index is 12.9. The first-order valence-electron chi connectivity index (χ1n) is 9.38. The van der Waals surface area contributed by atoms with E-state index in [9.17, 15) is 9.59 Å². The monoisotopic (exact) mass is 406 g/mol. The summed E-state index contributed by atoms with van der Waals surface area (Å²) in [6, 6.07) is 21.2. The van der Waals surface area contributed by atoms with E-state index in [1.54, 1.807) is 48.5 Å². The molecule has 0 saturated carbocycles. The van der Waals surface area contributed by atoms with Crippen LogP contribution in [0.3, 0.4) is 0 Å². The maximum atomic E-state index is 12.9. The zero-order chi connectivity index (χ0) is 20.8. The number of carbonyl (C=O) groups excluding carboxylic acids is 2. The minimum Gasteiger partial charge on any atom is -0.322 e. The van der Waals surface area contributed by atoms with E-state index in [0.717, 1.165) is 13.0 Å². The Labute approximate surface area is 176 Å². The van der Waals surface area contributed by atoms with Crippen LogP contribution in [0.5, 0.6) is 0 Å². The molecule has 0 atom stereocenters. The van der Waals surface area contributed by atoms with Gasteiger partial charge < -0.3 is 10.2 Å². The van der Waals surface area contributed by atoms with Gasteiger partial charge in [0.05, 0.1) is 5.56 Å². The third-order valence-corrected chi connectivity index (χ3v) is 4.83. The number of amides is 1. The predicted octanol–water partition coefficient (Wildman–Crippen LogP) is 4.93. The van der Waals surface area contributed by atoms with Crippen molar-refractivity contribution < 1.29 is 9.59 Å². The molecule has 0 bridgehead atoms. The zero-order valence-corrected chi connectivity index (χ0v) is 17.2. The summed E-state index contributed by atoms with van der Waals surface area (Å²) in [5.41, 5.74) is 3.08. The van der Waals surface area contributed by atoms with Crippen LogP contribution in [0, 0.1) is 0 Å². The third kappa shape index (κ3) is 5.53. The fourth-order valence-corrected chi connectivity index (χ4v) is 3.07. The molecule has 148 valence electrons. The number of ketones is 1. The van der Waals surface area contributed by atoms with Crippen LogP contribution >= 0.6 is 11.6 Å². The first-order valence-corrected chi connectivity index (χ1v) is 9.76. The van der Waals surface area contributed by atoms with Crippen LogP contribution in [0.4, 0.5) is 5.69 Å². The van der Waals surface area contributed by atoms with Crippen LogP contribution in [0.25, 0.3) is 0 Å². The molecule has 1 amide bonds. The van der Waals surface area contributed by atoms with Crippen LogP contribution < -0.4 is 5.32 Å². The highest BCUT2D eigenvalue weighted by Crippen LogP contribution is 2.19. The van der Waals surface area contributed by atoms with Crippen LogP contribution in [-0.4, -0.2) is 37.2 Å². The normalized spacial score (nSPS) is 10.8. The van der Waals surface area contributed by atoms with Gasteiger partial charge in [-0.25, -0.2) is 0 Å². The number of likely N-dealkylation sites (N-methyl/N-ethyl adjacent to an activating group) is 1. The van der Waals surface area contributed by atoms with Gasteiger partial charge in [0.25, 0.3) is 5.91 Å². The lowest BCUT2D eigenvalue weighted by Gasteiger charge is -2.11. The molecule has 0 aliphatic carbocycles. The van der Waals surface area contributed by atoms with Gasteiger partial charge in [0.1, 0.15) is 0 Å². The first kappa shape index (κ1) is 20.8. The minimum absolute atomic E-state index is 0.216. The Morgan fingerprint density at radius 3 is 2.10 bits per heavy atom. The summed E-state index contributed by atoms with van der Waals surface area (Å²) < 4.78 is 0. The quantitative estimate of drug-likeness (QED) is 0.566. The van der Waals surface area contributed by atoms with Crippen LogP contribution in [0.1, 0.15) is 31.8 Å². The van der Waals surface area contributed by atoms with E-state index in [4.69, 9.17) is 11.6 Å². The summed E-state index contributed by atoms with van der Waals surface area (Å²) in [5, 5.41) is 3.44. The zero-order valence-electron chi connectivity index (χ0n) is 16.5. The second kappa shape index (κ2) is 9.50. The van der Waals surface area contributed by atoms with Crippen molar-refractivity contribution in [3.63, 3.8) is 0 Å². The van der Waals surface area contributed by atoms with Crippen molar-refractivity contribution in [3.05, 3.63) is 100 Å². The average molecular weight is 407 g/mol. The van der Waals surface area contributed by atoms with E-state index in [2.05, 4.69) is 10.2 Å². The topological polar surface area (TPSA) is 49.4 Å². The van der Waals surface area contributed by atoms with E-state index < -0.39 is 0 Å². The van der Waals surface area contributed by atoms with Gasteiger partial charge >= 0.3 is 0 Å². The molecule has 5 heteroatoms. The summed E-state index contributed by atoms with van der Waals surface area (Å²) in [7, 11) is 4.08. The predicted molar refractivity (Wildman–Crippen MR) is 118 cm³/mol. The van der Waals surface area contributed by atoms with Crippen LogP contribution in [0.2, 0.25) is 5.02 Å². The standard InChI is InChI=1S/C24H23ClN2O2/c1-27(2)16-15-17-7-13-20(14-8-17)26-24(29)22-6-4-3-5-21(22)23(28)18-9-11-19(25)12-10-18/h3-14H,15-16H2,1-2H3,(H,26,29). The van der Waals surface area contributed by atoms with Crippen LogP contribution in [-0.2, 0) is 6.42 Å². The lowest BCUT2D eigenvalue weighted by molar-refractivity contribution is 0.0996. The summed E-state index contributed by atoms with van der Waals surface area (Å²) in [5.74, 6) is -0.532. The first-order chi connectivity index (χ1) is 13.9. The average Bonchev–Trinajstić information content (AvgIpc) is 2.73. The van der Waals surface area contributed by atoms with Crippen LogP contribution in [0.15, 0.2) is 72.8 Å². The number of anilines is 1. The van der Waals surface area contributed by atoms with E-state index in [-0.39, 0.29) is 11.7 Å². The molecular weight excluding hydrogens is 384 g/mol. The van der Waals surface area contributed by atoms with Gasteiger partial charge in [-0.2, -0.15) is 0 Å². The summed E-state index contributed by atoms with van der Waals surface area (Å²) >= 11 is 5.90. The molecule has 0 unspecified atom stereocenters. The molecule has 0 radical (unpaired) electrons. The number of nitrogens with zero attached hydrogens (tertiary/aromatic N) is 1. The molecule has 1 N–H and O–H groups in total. The Bertz CT molecular complexity index is 996. The molecule has 0 aliphatic rings. The Balaban J connectivity index is 1.76. The number of carbonyl (C=O) groups is 2. The molecule has 4 nitrogen and oxygen atoms in total. The lowest BCUT2D eigenvalue weighted by atomic mass is 9.98. The third-order valence-electron chi connectivity index (χ3n) is 4.58. The SMILES string of the molecule is CN(C)CCc1ccc(NC(=O)c2ccccc2C(=O)c2ccc(Cl)cc2)cc1. The van der Waals surface area contributed by atoms with Gasteiger partial charge in [-0.3, -0.25) is 9.59 Å². The van der Waals surface area contributed by atoms with E-state index >= 15 is 0 Å². The van der Waals surface area contributed by atoms with Gasteiger partial charge in [-0.1, -0.05) is 41.9 Å². The largest absolute Gasteiger partial charge is 0.322 e. The molecule has 0 aliphatic heterocycles. The molecule has 0 fully saturated rings. The minimum atomic E-state index is -0.316. The molecule has 0 spiro atoms. The van der Waals surface area contributed by atoms with Crippen molar-refractivity contribution in [1.82, 2.24) is 4.90 Å². The number of benzene rings is 3. The van der Waals surface area contributed by atoms with E-state index in [1.807, 2.05) is 38.4 Å². The van der Waals surface area contributed by atoms with Gasteiger partial charge in [-0.05, 0) is 68.5 Å². The number of nitrogens with one attached hydrogen (secondary N) is 1. The van der Waals surface area contributed by atoms with Gasteiger partial charge in [0, 0.05) is 28.4 Å². The van der Waals surface area contributed by atoms with Crippen molar-refractivity contribution in [2.75, 3.05) is 26.0 Å². The van der Waals surface area contributed by atoms with Crippen molar-refractivity contribution in [2.45, 2.75) is 6.42 Å². The van der Waals surface area contributed by atoms with Gasteiger partial charge in [0.15, 0.2) is 5.78 Å². The summed E-state index contributed by atoms with van der Waals surface area (Å²) in [6.45, 7) is 0.964. The molecule has 0 heterocycles.